The number of ether oxygens (including phenoxy) is 1. The van der Waals surface area contributed by atoms with Gasteiger partial charge in [-0.1, -0.05) is 29.8 Å². The van der Waals surface area contributed by atoms with E-state index in [-0.39, 0.29) is 17.4 Å². The average Bonchev–Trinajstić information content (AvgIpc) is 3.07. The number of anilines is 1. The largest absolute Gasteiger partial charge is 0.483 e. The molecular weight excluding hydrogens is 410 g/mol. The maximum Gasteiger partial charge on any atom is 0.264 e. The Bertz CT molecular complexity index is 1120. The number of nitrogens with zero attached hydrogens (tertiary/aromatic N) is 1. The van der Waals surface area contributed by atoms with Gasteiger partial charge in [-0.05, 0) is 43.2 Å². The van der Waals surface area contributed by atoms with Crippen molar-refractivity contribution < 1.29 is 17.9 Å². The Morgan fingerprint density at radius 3 is 2.55 bits per heavy atom. The van der Waals surface area contributed by atoms with Crippen molar-refractivity contribution in [1.29, 1.82) is 0 Å². The quantitative estimate of drug-likeness (QED) is 0.597. The minimum absolute atomic E-state index is 0.0716. The van der Waals surface area contributed by atoms with Crippen molar-refractivity contribution in [3.05, 3.63) is 70.2 Å². The number of carbonyl (C=O) groups is 1. The number of nitrogens with two attached hydrogens (primary N) is 1. The number of amides is 1. The fourth-order valence-electron chi connectivity index (χ4n) is 2.71. The zero-order chi connectivity index (χ0) is 21.0. The van der Waals surface area contributed by atoms with Gasteiger partial charge in [-0.3, -0.25) is 10.1 Å². The van der Waals surface area contributed by atoms with Gasteiger partial charge in [-0.2, -0.15) is 0 Å². The molecule has 9 heteroatoms. The van der Waals surface area contributed by atoms with E-state index < -0.39 is 10.0 Å². The molecule has 0 aliphatic heterocycles. The summed E-state index contributed by atoms with van der Waals surface area (Å²) in [7, 11) is -3.70. The van der Waals surface area contributed by atoms with Crippen molar-refractivity contribution in [2.24, 2.45) is 5.14 Å². The highest BCUT2D eigenvalue weighted by molar-refractivity contribution is 7.89. The summed E-state index contributed by atoms with van der Waals surface area (Å²) in [5.41, 5.74) is 3.02. The first-order valence-corrected chi connectivity index (χ1v) is 11.1. The lowest BCUT2D eigenvalue weighted by Crippen LogP contribution is -2.20. The van der Waals surface area contributed by atoms with Gasteiger partial charge in [-0.15, -0.1) is 11.3 Å². The van der Waals surface area contributed by atoms with E-state index in [1.807, 2.05) is 32.0 Å². The van der Waals surface area contributed by atoms with E-state index in [2.05, 4.69) is 10.3 Å². The van der Waals surface area contributed by atoms with Crippen molar-refractivity contribution in [3.63, 3.8) is 0 Å². The third kappa shape index (κ3) is 5.86. The number of aromatic nitrogens is 1. The number of carbonyl (C=O) groups excluding carboxylic acids is 1. The van der Waals surface area contributed by atoms with Gasteiger partial charge in [0.15, 0.2) is 11.7 Å². The summed E-state index contributed by atoms with van der Waals surface area (Å²) in [6.45, 7) is 3.83. The molecule has 0 atom stereocenters. The SMILES string of the molecule is Cc1ccc(OCC(=O)Nc2ncc(Cc3ccc(S(N)(=O)=O)cc3)s2)c(C)c1. The maximum atomic E-state index is 12.1. The molecule has 3 aromatic rings. The Morgan fingerprint density at radius 2 is 1.90 bits per heavy atom. The van der Waals surface area contributed by atoms with Crippen molar-refractivity contribution in [3.8, 4) is 5.75 Å². The highest BCUT2D eigenvalue weighted by atomic mass is 32.2. The van der Waals surface area contributed by atoms with Crippen LogP contribution in [0.3, 0.4) is 0 Å². The summed E-state index contributed by atoms with van der Waals surface area (Å²) in [6.07, 6.45) is 2.25. The molecule has 29 heavy (non-hydrogen) atoms. The van der Waals surface area contributed by atoms with Gasteiger partial charge in [0.2, 0.25) is 10.0 Å². The molecule has 3 N–H and O–H groups in total. The van der Waals surface area contributed by atoms with Crippen LogP contribution in [0.5, 0.6) is 5.75 Å². The van der Waals surface area contributed by atoms with Crippen LogP contribution in [-0.4, -0.2) is 25.9 Å². The normalized spacial score (nSPS) is 11.3. The second-order valence-electron chi connectivity index (χ2n) is 6.60. The highest BCUT2D eigenvalue weighted by Crippen LogP contribution is 2.22. The van der Waals surface area contributed by atoms with E-state index in [4.69, 9.17) is 9.88 Å². The fraction of sp³-hybridized carbons (Fsp3) is 0.200. The van der Waals surface area contributed by atoms with E-state index in [1.54, 1.807) is 18.3 Å². The summed E-state index contributed by atoms with van der Waals surface area (Å²) in [6, 6.07) is 12.1. The summed E-state index contributed by atoms with van der Waals surface area (Å²) in [5.74, 6) is 0.386. The monoisotopic (exact) mass is 431 g/mol. The molecule has 0 aliphatic rings. The van der Waals surface area contributed by atoms with Gasteiger partial charge < -0.3 is 4.74 Å². The molecule has 0 fully saturated rings. The van der Waals surface area contributed by atoms with E-state index in [1.165, 1.54) is 23.5 Å². The number of sulfonamides is 1. The number of thiazole rings is 1. The number of primary sulfonamides is 1. The Kier molecular flexibility index (Phi) is 6.31. The minimum Gasteiger partial charge on any atom is -0.483 e. The molecule has 0 unspecified atom stereocenters. The highest BCUT2D eigenvalue weighted by Gasteiger charge is 2.10. The van der Waals surface area contributed by atoms with Crippen LogP contribution in [0, 0.1) is 13.8 Å². The van der Waals surface area contributed by atoms with Crippen molar-refractivity contribution in [1.82, 2.24) is 4.98 Å². The summed E-state index contributed by atoms with van der Waals surface area (Å²) >= 11 is 1.35. The first-order valence-electron chi connectivity index (χ1n) is 8.77. The molecule has 0 aliphatic carbocycles. The number of rotatable bonds is 7. The Hall–Kier alpha value is -2.75. The zero-order valence-electron chi connectivity index (χ0n) is 16.0. The third-order valence-corrected chi connectivity index (χ3v) is 5.96. The van der Waals surface area contributed by atoms with Crippen LogP contribution in [0.15, 0.2) is 53.6 Å². The van der Waals surface area contributed by atoms with Crippen molar-refractivity contribution in [2.45, 2.75) is 25.2 Å². The van der Waals surface area contributed by atoms with Crippen LogP contribution >= 0.6 is 11.3 Å². The Balaban J connectivity index is 1.55. The predicted octanol–water partition coefficient (Wildman–Crippen LogP) is 3.02. The number of benzene rings is 2. The lowest BCUT2D eigenvalue weighted by Gasteiger charge is -2.09. The second kappa shape index (κ2) is 8.73. The molecule has 0 bridgehead atoms. The lowest BCUT2D eigenvalue weighted by molar-refractivity contribution is -0.118. The molecule has 2 aromatic carbocycles. The first-order chi connectivity index (χ1) is 13.7. The van der Waals surface area contributed by atoms with E-state index in [9.17, 15) is 13.2 Å². The molecule has 3 rings (SSSR count). The molecule has 0 saturated heterocycles. The summed E-state index contributed by atoms with van der Waals surface area (Å²) in [5, 5.41) is 8.31. The topological polar surface area (TPSA) is 111 Å². The molecule has 1 amide bonds. The zero-order valence-corrected chi connectivity index (χ0v) is 17.6. The fourth-order valence-corrected chi connectivity index (χ4v) is 4.08. The van der Waals surface area contributed by atoms with Crippen LogP contribution in [0.2, 0.25) is 0 Å². The molecule has 152 valence electrons. The van der Waals surface area contributed by atoms with Gasteiger partial charge in [0.05, 0.1) is 4.90 Å². The van der Waals surface area contributed by atoms with Crippen LogP contribution in [0.25, 0.3) is 0 Å². The standard InChI is InChI=1S/C20H21N3O4S2/c1-13-3-8-18(14(2)9-13)27-12-19(24)23-20-22-11-16(28-20)10-15-4-6-17(7-5-15)29(21,25)26/h3-9,11H,10,12H2,1-2H3,(H2,21,25,26)(H,22,23,24). The van der Waals surface area contributed by atoms with Crippen LogP contribution in [-0.2, 0) is 21.2 Å². The van der Waals surface area contributed by atoms with E-state index in [0.29, 0.717) is 17.3 Å². The van der Waals surface area contributed by atoms with Gasteiger partial charge in [0, 0.05) is 17.5 Å². The molecule has 1 heterocycles. The van der Waals surface area contributed by atoms with Gasteiger partial charge in [-0.25, -0.2) is 18.5 Å². The molecular formula is C20H21N3O4S2. The predicted molar refractivity (Wildman–Crippen MR) is 113 cm³/mol. The Morgan fingerprint density at radius 1 is 1.17 bits per heavy atom. The average molecular weight is 432 g/mol. The minimum atomic E-state index is -3.70. The van der Waals surface area contributed by atoms with Gasteiger partial charge >= 0.3 is 0 Å². The first kappa shape index (κ1) is 21.0. The van der Waals surface area contributed by atoms with E-state index >= 15 is 0 Å². The number of hydrogen-bond donors (Lipinski definition) is 2. The van der Waals surface area contributed by atoms with Crippen LogP contribution in [0.4, 0.5) is 5.13 Å². The Labute approximate surface area is 173 Å². The molecule has 7 nitrogen and oxygen atoms in total. The number of hydrogen-bond acceptors (Lipinski definition) is 6. The van der Waals surface area contributed by atoms with Gasteiger partial charge in [0.25, 0.3) is 5.91 Å². The van der Waals surface area contributed by atoms with Gasteiger partial charge in [0.1, 0.15) is 5.75 Å². The van der Waals surface area contributed by atoms with Crippen LogP contribution in [0.1, 0.15) is 21.6 Å². The van der Waals surface area contributed by atoms with E-state index in [0.717, 1.165) is 21.6 Å². The van der Waals surface area contributed by atoms with Crippen molar-refractivity contribution in [2.75, 3.05) is 11.9 Å². The lowest BCUT2D eigenvalue weighted by atomic mass is 10.1. The summed E-state index contributed by atoms with van der Waals surface area (Å²) in [4.78, 5) is 17.3. The second-order valence-corrected chi connectivity index (χ2v) is 9.28. The van der Waals surface area contributed by atoms with Crippen molar-refractivity contribution >= 4 is 32.4 Å². The molecule has 0 spiro atoms. The number of aryl methyl sites for hydroxylation is 2. The molecule has 0 saturated carbocycles. The maximum absolute atomic E-state index is 12.1. The smallest absolute Gasteiger partial charge is 0.264 e. The molecule has 1 aromatic heterocycles. The van der Waals surface area contributed by atoms with Crippen LogP contribution < -0.4 is 15.2 Å². The third-order valence-electron chi connectivity index (χ3n) is 4.12. The summed E-state index contributed by atoms with van der Waals surface area (Å²) < 4.78 is 28.2. The number of nitrogens with one attached hydrogen (secondary N) is 1. The molecule has 0 radical (unpaired) electrons.